The van der Waals surface area contributed by atoms with Gasteiger partial charge in [-0.1, -0.05) is 0 Å². The highest BCUT2D eigenvalue weighted by Crippen LogP contribution is 2.21. The fraction of sp³-hybridized carbons (Fsp3) is 0.583. The molecule has 7 heteroatoms. The SMILES string of the molecule is CCN(CC(F)(F)F)C(=O)c1cc(N)cn1C(C)C. The lowest BCUT2D eigenvalue weighted by molar-refractivity contribution is -0.140. The van der Waals surface area contributed by atoms with E-state index in [0.29, 0.717) is 5.69 Å². The van der Waals surface area contributed by atoms with Crippen molar-refractivity contribution in [2.45, 2.75) is 33.0 Å². The van der Waals surface area contributed by atoms with E-state index < -0.39 is 18.6 Å². The molecule has 0 aromatic carbocycles. The van der Waals surface area contributed by atoms with Crippen LogP contribution in [0.4, 0.5) is 18.9 Å². The van der Waals surface area contributed by atoms with Gasteiger partial charge in [-0.2, -0.15) is 13.2 Å². The molecule has 4 nitrogen and oxygen atoms in total. The quantitative estimate of drug-likeness (QED) is 0.920. The number of carbonyl (C=O) groups is 1. The van der Waals surface area contributed by atoms with Gasteiger partial charge in [0.25, 0.3) is 5.91 Å². The molecule has 0 bridgehead atoms. The molecule has 0 spiro atoms. The monoisotopic (exact) mass is 277 g/mol. The zero-order chi connectivity index (χ0) is 14.8. The summed E-state index contributed by atoms with van der Waals surface area (Å²) in [5, 5.41) is 0. The summed E-state index contributed by atoms with van der Waals surface area (Å²) in [6.07, 6.45) is -2.86. The summed E-state index contributed by atoms with van der Waals surface area (Å²) in [6.45, 7) is 3.90. The first-order valence-corrected chi connectivity index (χ1v) is 5.99. The first-order valence-electron chi connectivity index (χ1n) is 5.99. The third-order valence-corrected chi connectivity index (χ3v) is 2.68. The Balaban J connectivity index is 3.04. The van der Waals surface area contributed by atoms with E-state index in [0.717, 1.165) is 4.90 Å². The molecule has 19 heavy (non-hydrogen) atoms. The van der Waals surface area contributed by atoms with E-state index in [1.807, 2.05) is 13.8 Å². The number of alkyl halides is 3. The van der Waals surface area contributed by atoms with Crippen LogP contribution in [0.2, 0.25) is 0 Å². The molecule has 108 valence electrons. The molecule has 1 aromatic rings. The van der Waals surface area contributed by atoms with Crippen molar-refractivity contribution in [2.75, 3.05) is 18.8 Å². The van der Waals surface area contributed by atoms with Crippen molar-refractivity contribution in [3.05, 3.63) is 18.0 Å². The van der Waals surface area contributed by atoms with E-state index in [1.54, 1.807) is 10.8 Å². The number of rotatable bonds is 4. The van der Waals surface area contributed by atoms with Gasteiger partial charge in [0, 0.05) is 18.8 Å². The minimum atomic E-state index is -4.41. The van der Waals surface area contributed by atoms with Gasteiger partial charge in [0.2, 0.25) is 0 Å². The van der Waals surface area contributed by atoms with Crippen molar-refractivity contribution in [1.82, 2.24) is 9.47 Å². The van der Waals surface area contributed by atoms with Crippen molar-refractivity contribution in [3.63, 3.8) is 0 Å². The summed E-state index contributed by atoms with van der Waals surface area (Å²) in [5.41, 5.74) is 6.15. The lowest BCUT2D eigenvalue weighted by Crippen LogP contribution is -2.39. The molecule has 0 unspecified atom stereocenters. The van der Waals surface area contributed by atoms with E-state index in [9.17, 15) is 18.0 Å². The van der Waals surface area contributed by atoms with E-state index in [4.69, 9.17) is 5.73 Å². The van der Waals surface area contributed by atoms with Gasteiger partial charge < -0.3 is 15.2 Å². The van der Waals surface area contributed by atoms with Crippen molar-refractivity contribution in [2.24, 2.45) is 0 Å². The molecule has 1 rings (SSSR count). The van der Waals surface area contributed by atoms with E-state index >= 15 is 0 Å². The second-order valence-corrected chi connectivity index (χ2v) is 4.59. The highest BCUT2D eigenvalue weighted by Gasteiger charge is 2.33. The fourth-order valence-corrected chi connectivity index (χ4v) is 1.80. The molecule has 0 aliphatic rings. The molecule has 1 heterocycles. The van der Waals surface area contributed by atoms with Crippen LogP contribution in [0.5, 0.6) is 0 Å². The highest BCUT2D eigenvalue weighted by atomic mass is 19.4. The lowest BCUT2D eigenvalue weighted by Gasteiger charge is -2.23. The summed E-state index contributed by atoms with van der Waals surface area (Å²) >= 11 is 0. The van der Waals surface area contributed by atoms with Gasteiger partial charge in [0.1, 0.15) is 12.2 Å². The molecule has 0 radical (unpaired) electrons. The number of nitrogens with two attached hydrogens (primary N) is 1. The Hall–Kier alpha value is -1.66. The molecular weight excluding hydrogens is 259 g/mol. The lowest BCUT2D eigenvalue weighted by atomic mass is 10.3. The number of aromatic nitrogens is 1. The fourth-order valence-electron chi connectivity index (χ4n) is 1.80. The molecule has 2 N–H and O–H groups in total. The van der Waals surface area contributed by atoms with Gasteiger partial charge in [0.15, 0.2) is 0 Å². The first kappa shape index (κ1) is 15.4. The van der Waals surface area contributed by atoms with Gasteiger partial charge in [-0.05, 0) is 26.8 Å². The van der Waals surface area contributed by atoms with Crippen molar-refractivity contribution < 1.29 is 18.0 Å². The zero-order valence-corrected chi connectivity index (χ0v) is 11.2. The third kappa shape index (κ3) is 3.90. The summed E-state index contributed by atoms with van der Waals surface area (Å²) in [5.74, 6) is -0.662. The van der Waals surface area contributed by atoms with Crippen LogP contribution in [0.25, 0.3) is 0 Å². The molecule has 0 fully saturated rings. The molecule has 0 saturated heterocycles. The maximum Gasteiger partial charge on any atom is 0.406 e. The summed E-state index contributed by atoms with van der Waals surface area (Å²) in [7, 11) is 0. The summed E-state index contributed by atoms with van der Waals surface area (Å²) in [6, 6.07) is 1.35. The number of nitrogens with zero attached hydrogens (tertiary/aromatic N) is 2. The van der Waals surface area contributed by atoms with Gasteiger partial charge in [0.05, 0.1) is 5.69 Å². The van der Waals surface area contributed by atoms with Gasteiger partial charge >= 0.3 is 6.18 Å². The standard InChI is InChI=1S/C12H18F3N3O/c1-4-17(7-12(13,14)15)11(19)10-5-9(16)6-18(10)8(2)3/h5-6,8H,4,7,16H2,1-3H3. The van der Waals surface area contributed by atoms with Gasteiger partial charge in [-0.15, -0.1) is 0 Å². The summed E-state index contributed by atoms with van der Waals surface area (Å²) in [4.78, 5) is 12.9. The Kier molecular flexibility index (Phi) is 4.49. The molecule has 0 aliphatic carbocycles. The smallest absolute Gasteiger partial charge is 0.397 e. The second kappa shape index (κ2) is 5.54. The van der Waals surface area contributed by atoms with Crippen LogP contribution in [-0.2, 0) is 0 Å². The molecule has 1 aromatic heterocycles. The van der Waals surface area contributed by atoms with E-state index in [1.165, 1.54) is 13.0 Å². The Bertz CT molecular complexity index is 452. The van der Waals surface area contributed by atoms with Crippen LogP contribution in [0.15, 0.2) is 12.3 Å². The van der Waals surface area contributed by atoms with E-state index in [2.05, 4.69) is 0 Å². The predicted molar refractivity (Wildman–Crippen MR) is 66.9 cm³/mol. The predicted octanol–water partition coefficient (Wildman–Crippen LogP) is 2.68. The van der Waals surface area contributed by atoms with Crippen LogP contribution >= 0.6 is 0 Å². The van der Waals surface area contributed by atoms with Gasteiger partial charge in [-0.25, -0.2) is 0 Å². The number of anilines is 1. The molecule has 1 amide bonds. The van der Waals surface area contributed by atoms with Gasteiger partial charge in [-0.3, -0.25) is 4.79 Å². The summed E-state index contributed by atoms with van der Waals surface area (Å²) < 4.78 is 38.8. The number of carbonyl (C=O) groups excluding carboxylic acids is 1. The maximum atomic E-state index is 12.4. The van der Waals surface area contributed by atoms with Crippen molar-refractivity contribution in [3.8, 4) is 0 Å². The van der Waals surface area contributed by atoms with Crippen LogP contribution in [0, 0.1) is 0 Å². The topological polar surface area (TPSA) is 51.3 Å². The normalized spacial score (nSPS) is 11.9. The number of halogens is 3. The average Bonchev–Trinajstić information content (AvgIpc) is 2.66. The van der Waals surface area contributed by atoms with Crippen LogP contribution < -0.4 is 5.73 Å². The molecule has 0 saturated carbocycles. The molecule has 0 atom stereocenters. The average molecular weight is 277 g/mol. The molecular formula is C12H18F3N3O. The van der Waals surface area contributed by atoms with Crippen molar-refractivity contribution in [1.29, 1.82) is 0 Å². The van der Waals surface area contributed by atoms with Crippen LogP contribution in [0.1, 0.15) is 37.3 Å². The number of nitrogen functional groups attached to an aromatic ring is 1. The first-order chi connectivity index (χ1) is 8.65. The number of hydrogen-bond acceptors (Lipinski definition) is 2. The number of hydrogen-bond donors (Lipinski definition) is 1. The molecule has 0 aliphatic heterocycles. The van der Waals surface area contributed by atoms with Crippen LogP contribution in [0.3, 0.4) is 0 Å². The Morgan fingerprint density at radius 2 is 2.05 bits per heavy atom. The highest BCUT2D eigenvalue weighted by molar-refractivity contribution is 5.94. The maximum absolute atomic E-state index is 12.4. The Morgan fingerprint density at radius 3 is 2.47 bits per heavy atom. The minimum Gasteiger partial charge on any atom is -0.397 e. The number of amides is 1. The largest absolute Gasteiger partial charge is 0.406 e. The van der Waals surface area contributed by atoms with Crippen molar-refractivity contribution >= 4 is 11.6 Å². The Morgan fingerprint density at radius 1 is 1.47 bits per heavy atom. The zero-order valence-electron chi connectivity index (χ0n) is 11.2. The third-order valence-electron chi connectivity index (χ3n) is 2.68. The second-order valence-electron chi connectivity index (χ2n) is 4.59. The Labute approximate surface area is 110 Å². The minimum absolute atomic E-state index is 0.0124. The van der Waals surface area contributed by atoms with E-state index in [-0.39, 0.29) is 18.3 Å². The van der Waals surface area contributed by atoms with Crippen LogP contribution in [-0.4, -0.2) is 34.6 Å².